The number of hydrogen-bond acceptors (Lipinski definition) is 4. The Kier molecular flexibility index (Phi) is 3.34. The maximum absolute atomic E-state index is 11.7. The molecular formula is C9H15NO2S2. The van der Waals surface area contributed by atoms with Gasteiger partial charge in [-0.3, -0.25) is 0 Å². The Balaban J connectivity index is 2.70. The maximum atomic E-state index is 11.7. The van der Waals surface area contributed by atoms with E-state index in [-0.39, 0.29) is 5.75 Å². The van der Waals surface area contributed by atoms with E-state index in [4.69, 9.17) is 5.73 Å². The Bertz CT molecular complexity index is 373. The van der Waals surface area contributed by atoms with E-state index >= 15 is 0 Å². The molecule has 1 aromatic heterocycles. The molecule has 0 aromatic carbocycles. The van der Waals surface area contributed by atoms with E-state index in [1.165, 1.54) is 11.3 Å². The van der Waals surface area contributed by atoms with Crippen molar-refractivity contribution in [2.75, 3.05) is 5.75 Å². The second kappa shape index (κ2) is 4.00. The van der Waals surface area contributed by atoms with Gasteiger partial charge in [0.05, 0.1) is 5.75 Å². The zero-order chi connectivity index (χ0) is 10.8. The summed E-state index contributed by atoms with van der Waals surface area (Å²) in [4.78, 5) is 0. The van der Waals surface area contributed by atoms with Crippen LogP contribution in [0, 0.1) is 0 Å². The first-order valence-electron chi connectivity index (χ1n) is 4.36. The fourth-order valence-electron chi connectivity index (χ4n) is 0.938. The highest BCUT2D eigenvalue weighted by atomic mass is 32.2. The highest BCUT2D eigenvalue weighted by Gasteiger charge is 2.20. The van der Waals surface area contributed by atoms with Gasteiger partial charge in [-0.1, -0.05) is 6.07 Å². The van der Waals surface area contributed by atoms with Crippen molar-refractivity contribution in [2.45, 2.75) is 30.0 Å². The first-order chi connectivity index (χ1) is 6.31. The average molecular weight is 233 g/mol. The van der Waals surface area contributed by atoms with Gasteiger partial charge >= 0.3 is 0 Å². The SMILES string of the molecule is CC(C)(N)CCS(=O)(=O)c1cccs1. The Morgan fingerprint density at radius 1 is 1.50 bits per heavy atom. The molecule has 80 valence electrons. The van der Waals surface area contributed by atoms with Gasteiger partial charge in [0.2, 0.25) is 0 Å². The van der Waals surface area contributed by atoms with Crippen molar-refractivity contribution in [3.63, 3.8) is 0 Å². The molecule has 3 nitrogen and oxygen atoms in total. The van der Waals surface area contributed by atoms with Crippen molar-refractivity contribution in [1.29, 1.82) is 0 Å². The molecule has 2 N–H and O–H groups in total. The fraction of sp³-hybridized carbons (Fsp3) is 0.556. The topological polar surface area (TPSA) is 60.2 Å². The predicted octanol–water partition coefficient (Wildman–Crippen LogP) is 1.65. The van der Waals surface area contributed by atoms with Crippen LogP contribution < -0.4 is 5.73 Å². The summed E-state index contributed by atoms with van der Waals surface area (Å²) in [6.45, 7) is 3.66. The summed E-state index contributed by atoms with van der Waals surface area (Å²) in [6.07, 6.45) is 0.479. The van der Waals surface area contributed by atoms with Crippen molar-refractivity contribution in [2.24, 2.45) is 5.73 Å². The van der Waals surface area contributed by atoms with E-state index in [1.807, 2.05) is 13.8 Å². The molecule has 14 heavy (non-hydrogen) atoms. The minimum absolute atomic E-state index is 0.122. The summed E-state index contributed by atoms with van der Waals surface area (Å²) in [5.41, 5.74) is 5.31. The van der Waals surface area contributed by atoms with Gasteiger partial charge in [0.25, 0.3) is 0 Å². The summed E-state index contributed by atoms with van der Waals surface area (Å²) in [6, 6.07) is 3.37. The highest BCUT2D eigenvalue weighted by molar-refractivity contribution is 7.93. The second-order valence-electron chi connectivity index (χ2n) is 3.99. The summed E-state index contributed by atoms with van der Waals surface area (Å²) in [7, 11) is -3.11. The normalized spacial score (nSPS) is 13.1. The van der Waals surface area contributed by atoms with Crippen LogP contribution in [-0.4, -0.2) is 19.7 Å². The molecule has 0 bridgehead atoms. The molecule has 1 aromatic rings. The number of thiophene rings is 1. The maximum Gasteiger partial charge on any atom is 0.187 e. The van der Waals surface area contributed by atoms with Crippen molar-refractivity contribution >= 4 is 21.2 Å². The standard InChI is InChI=1S/C9H15NO2S2/c1-9(2,10)5-7-14(11,12)8-4-3-6-13-8/h3-4,6H,5,7,10H2,1-2H3. The molecule has 0 unspecified atom stereocenters. The van der Waals surface area contributed by atoms with Crippen LogP contribution in [0.4, 0.5) is 0 Å². The largest absolute Gasteiger partial charge is 0.326 e. The predicted molar refractivity (Wildman–Crippen MR) is 59.3 cm³/mol. The molecule has 0 saturated carbocycles. The van der Waals surface area contributed by atoms with Crippen LogP contribution in [0.2, 0.25) is 0 Å². The van der Waals surface area contributed by atoms with Gasteiger partial charge in [0.1, 0.15) is 4.21 Å². The Hall–Kier alpha value is -0.390. The molecule has 0 radical (unpaired) electrons. The van der Waals surface area contributed by atoms with Crippen molar-refractivity contribution in [3.05, 3.63) is 17.5 Å². The van der Waals surface area contributed by atoms with Crippen molar-refractivity contribution in [3.8, 4) is 0 Å². The molecule has 0 aliphatic carbocycles. The first-order valence-corrected chi connectivity index (χ1v) is 6.90. The van der Waals surface area contributed by atoms with E-state index in [0.29, 0.717) is 10.6 Å². The molecule has 0 aliphatic rings. The minimum Gasteiger partial charge on any atom is -0.326 e. The van der Waals surface area contributed by atoms with E-state index in [2.05, 4.69) is 0 Å². The molecule has 0 amide bonds. The monoisotopic (exact) mass is 233 g/mol. The summed E-state index contributed by atoms with van der Waals surface area (Å²) >= 11 is 1.25. The lowest BCUT2D eigenvalue weighted by molar-refractivity contribution is 0.496. The molecule has 1 rings (SSSR count). The van der Waals surface area contributed by atoms with Crippen LogP contribution in [-0.2, 0) is 9.84 Å². The van der Waals surface area contributed by atoms with Crippen LogP contribution in [0.15, 0.2) is 21.7 Å². The van der Waals surface area contributed by atoms with Gasteiger partial charge in [0.15, 0.2) is 9.84 Å². The summed E-state index contributed by atoms with van der Waals surface area (Å²) < 4.78 is 23.8. The van der Waals surface area contributed by atoms with E-state index in [1.54, 1.807) is 17.5 Å². The molecule has 0 atom stereocenters. The second-order valence-corrected chi connectivity index (χ2v) is 7.27. The summed E-state index contributed by atoms with van der Waals surface area (Å²) in [5, 5.41) is 1.76. The third-order valence-electron chi connectivity index (χ3n) is 1.82. The third kappa shape index (κ3) is 3.40. The highest BCUT2D eigenvalue weighted by Crippen LogP contribution is 2.19. The number of rotatable bonds is 4. The molecule has 0 aliphatic heterocycles. The van der Waals surface area contributed by atoms with E-state index < -0.39 is 15.4 Å². The lowest BCUT2D eigenvalue weighted by atomic mass is 10.0. The minimum atomic E-state index is -3.11. The van der Waals surface area contributed by atoms with E-state index in [0.717, 1.165) is 0 Å². The van der Waals surface area contributed by atoms with E-state index in [9.17, 15) is 8.42 Å². The van der Waals surface area contributed by atoms with Crippen LogP contribution in [0.5, 0.6) is 0 Å². The molecule has 1 heterocycles. The fourth-order valence-corrected chi connectivity index (χ4v) is 3.67. The lowest BCUT2D eigenvalue weighted by Crippen LogP contribution is -2.34. The van der Waals surface area contributed by atoms with Crippen LogP contribution >= 0.6 is 11.3 Å². The smallest absolute Gasteiger partial charge is 0.187 e. The molecule has 5 heteroatoms. The lowest BCUT2D eigenvalue weighted by Gasteiger charge is -2.17. The number of hydrogen-bond donors (Lipinski definition) is 1. The van der Waals surface area contributed by atoms with Gasteiger partial charge in [0, 0.05) is 5.54 Å². The quantitative estimate of drug-likeness (QED) is 0.860. The zero-order valence-electron chi connectivity index (χ0n) is 8.36. The third-order valence-corrected chi connectivity index (χ3v) is 5.02. The molecule has 0 spiro atoms. The number of sulfone groups is 1. The van der Waals surface area contributed by atoms with Crippen LogP contribution in [0.3, 0.4) is 0 Å². The van der Waals surface area contributed by atoms with Crippen LogP contribution in [0.25, 0.3) is 0 Å². The average Bonchev–Trinajstić information content (AvgIpc) is 2.52. The van der Waals surface area contributed by atoms with Crippen molar-refractivity contribution in [1.82, 2.24) is 0 Å². The van der Waals surface area contributed by atoms with Gasteiger partial charge < -0.3 is 5.73 Å². The van der Waals surface area contributed by atoms with Gasteiger partial charge in [-0.05, 0) is 31.7 Å². The molecule has 0 fully saturated rings. The first kappa shape index (κ1) is 11.7. The Labute approximate surface area is 88.9 Å². The Morgan fingerprint density at radius 2 is 2.14 bits per heavy atom. The molecular weight excluding hydrogens is 218 g/mol. The molecule has 0 saturated heterocycles. The Morgan fingerprint density at radius 3 is 2.57 bits per heavy atom. The summed E-state index contributed by atoms with van der Waals surface area (Å²) in [5.74, 6) is 0.122. The van der Waals surface area contributed by atoms with Crippen molar-refractivity contribution < 1.29 is 8.42 Å². The van der Waals surface area contributed by atoms with Gasteiger partial charge in [-0.2, -0.15) is 0 Å². The van der Waals surface area contributed by atoms with Gasteiger partial charge in [-0.25, -0.2) is 8.42 Å². The van der Waals surface area contributed by atoms with Gasteiger partial charge in [-0.15, -0.1) is 11.3 Å². The zero-order valence-corrected chi connectivity index (χ0v) is 9.99. The van der Waals surface area contributed by atoms with Crippen LogP contribution in [0.1, 0.15) is 20.3 Å². The number of nitrogens with two attached hydrogens (primary N) is 1.